The van der Waals surface area contributed by atoms with Crippen LogP contribution in [0.2, 0.25) is 0 Å². The molecule has 0 amide bonds. The Labute approximate surface area is 151 Å². The molecule has 0 spiro atoms. The maximum Gasteiger partial charge on any atom is 0.133 e. The summed E-state index contributed by atoms with van der Waals surface area (Å²) in [5.74, 6) is 0.756. The van der Waals surface area contributed by atoms with Gasteiger partial charge < -0.3 is 5.32 Å². The molecule has 0 saturated heterocycles. The molecular formula is C22H21BN2. The average Bonchev–Trinajstić information content (AvgIpc) is 2.64. The van der Waals surface area contributed by atoms with Crippen LogP contribution in [0.4, 0.5) is 0 Å². The highest BCUT2D eigenvalue weighted by Crippen LogP contribution is 2.05. The zero-order valence-electron chi connectivity index (χ0n) is 14.2. The Morgan fingerprint density at radius 3 is 2.40 bits per heavy atom. The number of aliphatic imine (C=N–C) groups is 1. The molecule has 0 aromatic heterocycles. The molecule has 0 atom stereocenters. The summed E-state index contributed by atoms with van der Waals surface area (Å²) in [7, 11) is 5.78. The molecule has 2 aromatic rings. The summed E-state index contributed by atoms with van der Waals surface area (Å²) in [5, 5.41) is 3.27. The molecule has 0 fully saturated rings. The van der Waals surface area contributed by atoms with Gasteiger partial charge in [-0.3, -0.25) is 4.99 Å². The standard InChI is InChI=1S/C22H21BN2/c1-3-4-5-7-10-18(2)25-22(20-13-15-21(23)16-14-20)24-17-19-11-8-6-9-12-19/h3-16H,1-2,17H2,(H,24,25)/b5-4-,10-7+. The summed E-state index contributed by atoms with van der Waals surface area (Å²) in [6, 6.07) is 17.7. The lowest BCUT2D eigenvalue weighted by Gasteiger charge is -2.11. The molecule has 1 N–H and O–H groups in total. The van der Waals surface area contributed by atoms with E-state index in [0.29, 0.717) is 6.54 Å². The first-order valence-electron chi connectivity index (χ1n) is 8.05. The van der Waals surface area contributed by atoms with Crippen LogP contribution in [0.1, 0.15) is 11.1 Å². The Morgan fingerprint density at radius 1 is 1.00 bits per heavy atom. The molecule has 3 heteroatoms. The fourth-order valence-electron chi connectivity index (χ4n) is 2.11. The lowest BCUT2D eigenvalue weighted by atomic mass is 9.95. The van der Waals surface area contributed by atoms with Crippen LogP contribution in [0.5, 0.6) is 0 Å². The van der Waals surface area contributed by atoms with Crippen molar-refractivity contribution < 1.29 is 0 Å². The summed E-state index contributed by atoms with van der Waals surface area (Å²) < 4.78 is 0. The van der Waals surface area contributed by atoms with Crippen molar-refractivity contribution in [2.75, 3.05) is 0 Å². The first-order chi connectivity index (χ1) is 12.2. The minimum Gasteiger partial charge on any atom is -0.341 e. The van der Waals surface area contributed by atoms with E-state index in [1.165, 1.54) is 0 Å². The second-order valence-corrected chi connectivity index (χ2v) is 5.40. The summed E-state index contributed by atoms with van der Waals surface area (Å²) in [6.45, 7) is 8.25. The number of allylic oxidation sites excluding steroid dienone is 5. The fourth-order valence-corrected chi connectivity index (χ4v) is 2.11. The molecule has 0 aliphatic carbocycles. The first kappa shape index (κ1) is 18.3. The predicted octanol–water partition coefficient (Wildman–Crippen LogP) is 3.83. The van der Waals surface area contributed by atoms with Crippen molar-refractivity contribution in [3.8, 4) is 0 Å². The molecule has 0 saturated carbocycles. The number of amidine groups is 1. The smallest absolute Gasteiger partial charge is 0.133 e. The third-order valence-corrected chi connectivity index (χ3v) is 3.38. The van der Waals surface area contributed by atoms with E-state index in [1.54, 1.807) is 6.08 Å². The van der Waals surface area contributed by atoms with Gasteiger partial charge in [0.15, 0.2) is 0 Å². The summed E-state index contributed by atoms with van der Waals surface area (Å²) in [5.41, 5.74) is 3.57. The quantitative estimate of drug-likeness (QED) is 0.356. The highest BCUT2D eigenvalue weighted by atomic mass is 15.0. The Morgan fingerprint density at radius 2 is 1.72 bits per heavy atom. The second-order valence-electron chi connectivity index (χ2n) is 5.40. The van der Waals surface area contributed by atoms with Gasteiger partial charge >= 0.3 is 0 Å². The number of rotatable bonds is 7. The van der Waals surface area contributed by atoms with E-state index in [0.717, 1.165) is 28.1 Å². The predicted molar refractivity (Wildman–Crippen MR) is 109 cm³/mol. The third-order valence-electron chi connectivity index (χ3n) is 3.38. The topological polar surface area (TPSA) is 24.4 Å². The van der Waals surface area contributed by atoms with Gasteiger partial charge in [-0.2, -0.15) is 0 Å². The van der Waals surface area contributed by atoms with Gasteiger partial charge in [-0.05, 0) is 11.6 Å². The molecule has 25 heavy (non-hydrogen) atoms. The van der Waals surface area contributed by atoms with Gasteiger partial charge in [-0.1, -0.05) is 97.5 Å². The number of hydrogen-bond acceptors (Lipinski definition) is 1. The van der Waals surface area contributed by atoms with Crippen LogP contribution in [-0.2, 0) is 6.54 Å². The molecular weight excluding hydrogens is 303 g/mol. The molecule has 0 heterocycles. The van der Waals surface area contributed by atoms with Gasteiger partial charge in [-0.25, -0.2) is 0 Å². The zero-order valence-corrected chi connectivity index (χ0v) is 14.2. The second kappa shape index (κ2) is 9.94. The van der Waals surface area contributed by atoms with Crippen molar-refractivity contribution in [1.82, 2.24) is 5.32 Å². The highest BCUT2D eigenvalue weighted by Gasteiger charge is 2.04. The van der Waals surface area contributed by atoms with Crippen molar-refractivity contribution in [1.29, 1.82) is 0 Å². The van der Waals surface area contributed by atoms with E-state index < -0.39 is 0 Å². The van der Waals surface area contributed by atoms with E-state index in [4.69, 9.17) is 12.8 Å². The third kappa shape index (κ3) is 6.52. The molecule has 0 unspecified atom stereocenters. The molecule has 0 aliphatic rings. The lowest BCUT2D eigenvalue weighted by Crippen LogP contribution is -2.23. The van der Waals surface area contributed by atoms with Crippen LogP contribution >= 0.6 is 0 Å². The van der Waals surface area contributed by atoms with Crippen LogP contribution in [0.25, 0.3) is 0 Å². The Kier molecular flexibility index (Phi) is 7.26. The van der Waals surface area contributed by atoms with Gasteiger partial charge in [0, 0.05) is 11.3 Å². The van der Waals surface area contributed by atoms with Gasteiger partial charge in [0.05, 0.1) is 6.54 Å². The minimum atomic E-state index is 0.584. The Hall–Kier alpha value is -3.07. The van der Waals surface area contributed by atoms with E-state index in [-0.39, 0.29) is 0 Å². The molecule has 2 nitrogen and oxygen atoms in total. The molecule has 2 rings (SSSR count). The van der Waals surface area contributed by atoms with E-state index in [2.05, 4.69) is 30.6 Å². The van der Waals surface area contributed by atoms with Crippen molar-refractivity contribution in [2.24, 2.45) is 4.99 Å². The zero-order chi connectivity index (χ0) is 17.9. The van der Waals surface area contributed by atoms with Crippen molar-refractivity contribution in [3.63, 3.8) is 0 Å². The summed E-state index contributed by atoms with van der Waals surface area (Å²) in [4.78, 5) is 4.71. The van der Waals surface area contributed by atoms with Gasteiger partial charge in [0.1, 0.15) is 13.7 Å². The maximum absolute atomic E-state index is 5.78. The summed E-state index contributed by atoms with van der Waals surface area (Å²) in [6.07, 6.45) is 9.25. The maximum atomic E-state index is 5.78. The van der Waals surface area contributed by atoms with Crippen LogP contribution in [0.15, 0.2) is 109 Å². The van der Waals surface area contributed by atoms with Crippen molar-refractivity contribution >= 4 is 19.1 Å². The molecule has 122 valence electrons. The molecule has 0 aliphatic heterocycles. The lowest BCUT2D eigenvalue weighted by molar-refractivity contribution is 1.03. The Balaban J connectivity index is 2.18. The van der Waals surface area contributed by atoms with E-state index in [9.17, 15) is 0 Å². The van der Waals surface area contributed by atoms with Crippen LogP contribution in [0.3, 0.4) is 0 Å². The van der Waals surface area contributed by atoms with Crippen LogP contribution in [0, 0.1) is 0 Å². The molecule has 2 aromatic carbocycles. The minimum absolute atomic E-state index is 0.584. The van der Waals surface area contributed by atoms with Gasteiger partial charge in [0.2, 0.25) is 0 Å². The van der Waals surface area contributed by atoms with Crippen molar-refractivity contribution in [3.05, 3.63) is 115 Å². The highest BCUT2D eigenvalue weighted by molar-refractivity contribution is 6.32. The van der Waals surface area contributed by atoms with Crippen molar-refractivity contribution in [2.45, 2.75) is 6.54 Å². The largest absolute Gasteiger partial charge is 0.341 e. The normalized spacial score (nSPS) is 11.8. The molecule has 2 radical (unpaired) electrons. The van der Waals surface area contributed by atoms with Crippen LogP contribution < -0.4 is 10.8 Å². The van der Waals surface area contributed by atoms with Gasteiger partial charge in [0.25, 0.3) is 0 Å². The van der Waals surface area contributed by atoms with E-state index >= 15 is 0 Å². The number of nitrogens with one attached hydrogen (secondary N) is 1. The summed E-state index contributed by atoms with van der Waals surface area (Å²) >= 11 is 0. The Bertz CT molecular complexity index is 785. The van der Waals surface area contributed by atoms with E-state index in [1.807, 2.05) is 66.8 Å². The van der Waals surface area contributed by atoms with Gasteiger partial charge in [-0.15, -0.1) is 0 Å². The SMILES string of the molecule is [B]c1ccc(C(=NCc2ccccc2)NC(=C)/C=C/C=C\C=C)cc1. The van der Waals surface area contributed by atoms with Crippen LogP contribution in [-0.4, -0.2) is 13.7 Å². The number of benzene rings is 2. The average molecular weight is 324 g/mol. The monoisotopic (exact) mass is 324 g/mol. The fraction of sp³-hybridized carbons (Fsp3) is 0.0455. The number of nitrogens with zero attached hydrogens (tertiary/aromatic N) is 1. The first-order valence-corrected chi connectivity index (χ1v) is 8.05. The number of hydrogen-bond donors (Lipinski definition) is 1. The molecule has 0 bridgehead atoms.